The maximum absolute atomic E-state index is 13.3. The fourth-order valence-corrected chi connectivity index (χ4v) is 7.42. The molecule has 0 saturated carbocycles. The number of rotatable bonds is 9. The Labute approximate surface area is 236 Å². The minimum atomic E-state index is -1.16. The Morgan fingerprint density at radius 1 is 1.38 bits per heavy atom. The number of β-lactam (4-membered cyclic amide) rings is 1. The Balaban J connectivity index is 1.41. The van der Waals surface area contributed by atoms with Crippen LogP contribution in [0.25, 0.3) is 0 Å². The molecule has 214 valence electrons. The van der Waals surface area contributed by atoms with Crippen molar-refractivity contribution in [1.82, 2.24) is 15.2 Å². The molecule has 4 heterocycles. The molecule has 3 aliphatic rings. The monoisotopic (exact) mass is 603 g/mol. The number of fused-ring (bicyclic) bond motifs is 1. The van der Waals surface area contributed by atoms with E-state index in [1.165, 1.54) is 33.8 Å². The Hall–Kier alpha value is -2.60. The van der Waals surface area contributed by atoms with Crippen LogP contribution in [-0.2, 0) is 38.1 Å². The van der Waals surface area contributed by atoms with Crippen LogP contribution in [0.1, 0.15) is 26.5 Å². The van der Waals surface area contributed by atoms with E-state index in [9.17, 15) is 24.4 Å². The van der Waals surface area contributed by atoms with Gasteiger partial charge in [0.05, 0.1) is 18.1 Å². The average molecular weight is 604 g/mol. The number of thiazole rings is 1. The third kappa shape index (κ3) is 6.42. The topological polar surface area (TPSA) is 192 Å². The average Bonchev–Trinajstić information content (AvgIpc) is 3.57. The molecule has 1 aromatic heterocycles. The molecule has 3 unspecified atom stereocenters. The first-order chi connectivity index (χ1) is 18.4. The number of nitrogens with two attached hydrogens (primary N) is 1. The van der Waals surface area contributed by atoms with Crippen molar-refractivity contribution >= 4 is 69.5 Å². The smallest absolute Gasteiger partial charge is 0.327 e. The van der Waals surface area contributed by atoms with Crippen molar-refractivity contribution in [3.63, 3.8) is 0 Å². The van der Waals surface area contributed by atoms with Gasteiger partial charge in [-0.3, -0.25) is 19.2 Å². The summed E-state index contributed by atoms with van der Waals surface area (Å²) >= 11 is 3.66. The lowest BCUT2D eigenvalue weighted by molar-refractivity contribution is -0.175. The molecular formula is C22H29N5O9S3. The lowest BCUT2D eigenvalue weighted by Crippen LogP contribution is -2.75. The zero-order chi connectivity index (χ0) is 28.4. The van der Waals surface area contributed by atoms with Crippen LogP contribution >= 0.6 is 34.9 Å². The van der Waals surface area contributed by atoms with Gasteiger partial charge in [0, 0.05) is 23.4 Å². The fourth-order valence-electron chi connectivity index (χ4n) is 3.85. The predicted octanol–water partition coefficient (Wildman–Crippen LogP) is 0.238. The van der Waals surface area contributed by atoms with Crippen LogP contribution in [0.3, 0.4) is 0 Å². The zero-order valence-electron chi connectivity index (χ0n) is 21.4. The van der Waals surface area contributed by atoms with Gasteiger partial charge in [0.2, 0.25) is 12.7 Å². The molecule has 0 aromatic carbocycles. The van der Waals surface area contributed by atoms with Crippen molar-refractivity contribution in [1.29, 1.82) is 0 Å². The maximum Gasteiger partial charge on any atom is 0.327 e. The first kappa shape index (κ1) is 29.4. The number of nitrogen functional groups attached to an aromatic ring is 1. The van der Waals surface area contributed by atoms with E-state index >= 15 is 0 Å². The number of amides is 2. The highest BCUT2D eigenvalue weighted by Crippen LogP contribution is 2.45. The summed E-state index contributed by atoms with van der Waals surface area (Å²) in [5.41, 5.74) is 4.55. The van der Waals surface area contributed by atoms with Gasteiger partial charge < -0.3 is 40.1 Å². The summed E-state index contributed by atoms with van der Waals surface area (Å²) in [4.78, 5) is 56.6. The van der Waals surface area contributed by atoms with Crippen LogP contribution in [0.4, 0.5) is 5.13 Å². The molecule has 3 saturated heterocycles. The summed E-state index contributed by atoms with van der Waals surface area (Å²) in [5, 5.41) is 16.1. The number of thioether (sulfide) groups is 2. The standard InChI is InChI=1S/C22H29N5O9S3/c1-21(2,3)18(30)35-10-36-19(31)22(39-5-11-4-33-9-34-11)7-27-16(29)14(17(27)38-8-22)25-15(28)13(26-32)12-6-37-20(23)24-12/h6,11,14,17,32H,4-5,7-10H2,1-3H3,(H2,23,24)(H,25,28)/t11?,14?,17-,22?/m1/s1. The van der Waals surface area contributed by atoms with E-state index in [0.29, 0.717) is 12.4 Å². The van der Waals surface area contributed by atoms with Gasteiger partial charge in [-0.25, -0.2) is 4.98 Å². The molecule has 0 aliphatic carbocycles. The van der Waals surface area contributed by atoms with E-state index in [1.807, 2.05) is 0 Å². The van der Waals surface area contributed by atoms with Crippen LogP contribution in [0, 0.1) is 5.41 Å². The maximum atomic E-state index is 13.3. The summed E-state index contributed by atoms with van der Waals surface area (Å²) in [6.45, 7) is 5.07. The molecule has 4 rings (SSSR count). The van der Waals surface area contributed by atoms with Gasteiger partial charge in [0.15, 0.2) is 10.8 Å². The second kappa shape index (κ2) is 11.9. The molecule has 3 aliphatic heterocycles. The Bertz CT molecular complexity index is 1150. The van der Waals surface area contributed by atoms with E-state index in [4.69, 9.17) is 24.7 Å². The first-order valence-electron chi connectivity index (χ1n) is 11.8. The molecule has 39 heavy (non-hydrogen) atoms. The van der Waals surface area contributed by atoms with Crippen LogP contribution in [0.5, 0.6) is 0 Å². The van der Waals surface area contributed by atoms with Gasteiger partial charge >= 0.3 is 11.9 Å². The number of ether oxygens (including phenoxy) is 4. The number of hydrogen-bond acceptors (Lipinski definition) is 15. The third-order valence-electron chi connectivity index (χ3n) is 6.02. The van der Waals surface area contributed by atoms with Crippen molar-refractivity contribution in [3.8, 4) is 0 Å². The molecule has 2 amide bonds. The minimum Gasteiger partial charge on any atom is -0.427 e. The van der Waals surface area contributed by atoms with Gasteiger partial charge in [-0.15, -0.1) is 34.9 Å². The van der Waals surface area contributed by atoms with Gasteiger partial charge in [-0.1, -0.05) is 5.16 Å². The molecule has 3 fully saturated rings. The van der Waals surface area contributed by atoms with E-state index in [-0.39, 0.29) is 41.7 Å². The largest absolute Gasteiger partial charge is 0.427 e. The van der Waals surface area contributed by atoms with Gasteiger partial charge in [0.1, 0.15) is 28.6 Å². The molecule has 0 spiro atoms. The van der Waals surface area contributed by atoms with E-state index < -0.39 is 52.1 Å². The number of nitrogens with zero attached hydrogens (tertiary/aromatic N) is 3. The number of aromatic nitrogens is 1. The van der Waals surface area contributed by atoms with Crippen LogP contribution in [0.15, 0.2) is 10.5 Å². The van der Waals surface area contributed by atoms with Crippen molar-refractivity contribution in [2.24, 2.45) is 10.6 Å². The Morgan fingerprint density at radius 2 is 2.15 bits per heavy atom. The number of carbonyl (C=O) groups excluding carboxylic acids is 4. The van der Waals surface area contributed by atoms with Crippen molar-refractivity contribution in [2.45, 2.75) is 43.0 Å². The number of esters is 2. The molecule has 17 heteroatoms. The Kier molecular flexibility index (Phi) is 8.95. The quantitative estimate of drug-likeness (QED) is 0.0869. The molecule has 14 nitrogen and oxygen atoms in total. The zero-order valence-corrected chi connectivity index (χ0v) is 23.9. The minimum absolute atomic E-state index is 0.0176. The first-order valence-corrected chi connectivity index (χ1v) is 14.7. The third-order valence-corrected chi connectivity index (χ3v) is 9.94. The molecule has 1 aromatic rings. The van der Waals surface area contributed by atoms with Crippen LogP contribution in [-0.4, -0.2) is 105 Å². The highest BCUT2D eigenvalue weighted by Gasteiger charge is 2.58. The van der Waals surface area contributed by atoms with Crippen LogP contribution in [0.2, 0.25) is 0 Å². The van der Waals surface area contributed by atoms with E-state index in [0.717, 1.165) is 11.3 Å². The highest BCUT2D eigenvalue weighted by atomic mass is 32.2. The Morgan fingerprint density at radius 3 is 2.77 bits per heavy atom. The number of anilines is 1. The fraction of sp³-hybridized carbons (Fsp3) is 0.636. The van der Waals surface area contributed by atoms with Crippen molar-refractivity contribution in [2.75, 3.05) is 44.0 Å². The van der Waals surface area contributed by atoms with Gasteiger partial charge in [0.25, 0.3) is 5.91 Å². The summed E-state index contributed by atoms with van der Waals surface area (Å²) < 4.78 is 20.0. The summed E-state index contributed by atoms with van der Waals surface area (Å²) in [7, 11) is 0. The lowest BCUT2D eigenvalue weighted by Gasteiger charge is -2.53. The van der Waals surface area contributed by atoms with Crippen molar-refractivity contribution in [3.05, 3.63) is 11.1 Å². The summed E-state index contributed by atoms with van der Waals surface area (Å²) in [6.07, 6.45) is -0.226. The number of nitrogens with one attached hydrogen (secondary N) is 1. The lowest BCUT2D eigenvalue weighted by atomic mass is 9.98. The normalized spacial score (nSPS) is 26.9. The van der Waals surface area contributed by atoms with E-state index in [2.05, 4.69) is 15.5 Å². The predicted molar refractivity (Wildman–Crippen MR) is 142 cm³/mol. The molecular weight excluding hydrogens is 574 g/mol. The number of oxime groups is 1. The van der Waals surface area contributed by atoms with Crippen LogP contribution < -0.4 is 11.1 Å². The van der Waals surface area contributed by atoms with E-state index in [1.54, 1.807) is 20.8 Å². The second-order valence-electron chi connectivity index (χ2n) is 9.95. The summed E-state index contributed by atoms with van der Waals surface area (Å²) in [6, 6.07) is -0.895. The molecule has 0 bridgehead atoms. The summed E-state index contributed by atoms with van der Waals surface area (Å²) in [5.74, 6) is -1.68. The molecule has 4 N–H and O–H groups in total. The second-order valence-corrected chi connectivity index (χ2v) is 13.4. The molecule has 4 atom stereocenters. The van der Waals surface area contributed by atoms with Gasteiger partial charge in [-0.05, 0) is 20.8 Å². The van der Waals surface area contributed by atoms with Crippen molar-refractivity contribution < 1.29 is 43.3 Å². The molecule has 0 radical (unpaired) electrons. The van der Waals surface area contributed by atoms with Gasteiger partial charge in [-0.2, -0.15) is 0 Å². The number of hydrogen-bond donors (Lipinski definition) is 3. The highest BCUT2D eigenvalue weighted by molar-refractivity contribution is 8.05. The number of carbonyl (C=O) groups is 4. The SMILES string of the molecule is CC(C)(C)C(=O)OCOC(=O)C1(SCC2COCO2)CS[C@@H]2C(NC(=O)C(=NO)c3csc(N)n3)C(=O)N2C1.